The number of carbonyl (C=O) groups excluding carboxylic acids is 1. The van der Waals surface area contributed by atoms with E-state index in [0.29, 0.717) is 37.5 Å². The minimum absolute atomic E-state index is 0.0172. The number of methoxy groups -OCH3 is 1. The van der Waals surface area contributed by atoms with Crippen LogP contribution in [0.4, 0.5) is 0 Å². The molecule has 0 spiro atoms. The molecule has 296 valence electrons. The molecule has 2 aliphatic heterocycles. The van der Waals surface area contributed by atoms with Gasteiger partial charge in [-0.25, -0.2) is 9.36 Å². The van der Waals surface area contributed by atoms with E-state index in [2.05, 4.69) is 25.5 Å². The minimum atomic E-state index is -4.43. The number of aromatic nitrogens is 2. The third-order valence-electron chi connectivity index (χ3n) is 8.46. The topological polar surface area (TPSA) is 261 Å². The number of rotatable bonds is 21. The van der Waals surface area contributed by atoms with Gasteiger partial charge in [-0.2, -0.15) is 0 Å². The molecule has 2 saturated heterocycles. The molecule has 8 N–H and O–H groups in total. The van der Waals surface area contributed by atoms with Crippen molar-refractivity contribution >= 4 is 31.1 Å². The number of thiocarbonyl (C=S) groups is 1. The number of aliphatic hydroxyl groups is 3. The molecule has 3 rings (SSSR count). The summed E-state index contributed by atoms with van der Waals surface area (Å²) in [6.45, 7) is 2.23. The molecule has 0 saturated carbocycles. The van der Waals surface area contributed by atoms with Gasteiger partial charge in [0.1, 0.15) is 42.8 Å². The zero-order chi connectivity index (χ0) is 38.3. The Kier molecular flexibility index (Phi) is 18.5. The molecule has 0 radical (unpaired) electrons. The highest BCUT2D eigenvalue weighted by Gasteiger charge is 2.49. The molecule has 10 atom stereocenters. The van der Waals surface area contributed by atoms with Gasteiger partial charge in [0.2, 0.25) is 5.91 Å². The molecule has 0 aromatic carbocycles. The third kappa shape index (κ3) is 13.4. The van der Waals surface area contributed by atoms with Crippen LogP contribution in [0.15, 0.2) is 34.0 Å². The average Bonchev–Trinajstić information content (AvgIpc) is 3.41. The fraction of sp³-hybridized carbons (Fsp3) is 0.742. The first-order valence-electron chi connectivity index (χ1n) is 17.0. The summed E-state index contributed by atoms with van der Waals surface area (Å²) in [6, 6.07) is 0.200. The van der Waals surface area contributed by atoms with Gasteiger partial charge in [-0.3, -0.25) is 28.2 Å². The molecule has 21 heteroatoms. The molecule has 1 aromatic rings. The maximum absolute atomic E-state index is 12.6. The lowest BCUT2D eigenvalue weighted by Crippen LogP contribution is -2.64. The van der Waals surface area contributed by atoms with Crippen molar-refractivity contribution in [2.24, 2.45) is 5.92 Å². The van der Waals surface area contributed by atoms with E-state index in [-0.39, 0.29) is 13.2 Å². The monoisotopic (exact) mass is 781 g/mol. The Morgan fingerprint density at radius 3 is 2.42 bits per heavy atom. The number of aromatic amines is 1. The largest absolute Gasteiger partial charge is 0.472 e. The molecule has 1 aromatic heterocycles. The summed E-state index contributed by atoms with van der Waals surface area (Å²) in [4.78, 5) is 48.0. The quantitative estimate of drug-likeness (QED) is 0.0327. The summed E-state index contributed by atoms with van der Waals surface area (Å²) in [5.41, 5.74) is -1.27. The van der Waals surface area contributed by atoms with E-state index in [1.807, 2.05) is 12.2 Å². The number of H-pyrrole nitrogens is 1. The molecule has 1 amide bonds. The molecule has 3 heterocycles. The van der Waals surface area contributed by atoms with Crippen molar-refractivity contribution in [2.45, 2.75) is 94.5 Å². The van der Waals surface area contributed by atoms with Crippen LogP contribution in [-0.2, 0) is 37.4 Å². The van der Waals surface area contributed by atoms with Crippen LogP contribution in [-0.4, -0.2) is 131 Å². The van der Waals surface area contributed by atoms with Gasteiger partial charge < -0.3 is 55.1 Å². The average molecular weight is 782 g/mol. The molecule has 52 heavy (non-hydrogen) atoms. The van der Waals surface area contributed by atoms with E-state index in [1.54, 1.807) is 0 Å². The predicted octanol–water partition coefficient (Wildman–Crippen LogP) is -0.850. The van der Waals surface area contributed by atoms with Crippen molar-refractivity contribution in [3.05, 3.63) is 45.3 Å². The van der Waals surface area contributed by atoms with Crippen molar-refractivity contribution in [2.75, 3.05) is 47.1 Å². The van der Waals surface area contributed by atoms with Crippen molar-refractivity contribution in [3.63, 3.8) is 0 Å². The third-order valence-corrected chi connectivity index (χ3v) is 9.72. The number of nitrogens with one attached hydrogen (secondary N) is 4. The maximum Gasteiger partial charge on any atom is 0.472 e. The first kappa shape index (κ1) is 43.8. The summed E-state index contributed by atoms with van der Waals surface area (Å²) in [6.07, 6.45) is 1.66. The highest BCUT2D eigenvalue weighted by Crippen LogP contribution is 2.50. The number of carbonyl (C=O) groups is 1. The van der Waals surface area contributed by atoms with E-state index in [4.69, 9.17) is 35.7 Å². The van der Waals surface area contributed by atoms with Gasteiger partial charge >= 0.3 is 13.5 Å². The number of nitrogens with zero attached hydrogens (tertiary/aromatic N) is 1. The van der Waals surface area contributed by atoms with Crippen LogP contribution in [0.3, 0.4) is 0 Å². The van der Waals surface area contributed by atoms with Crippen molar-refractivity contribution in [1.29, 1.82) is 0 Å². The van der Waals surface area contributed by atoms with E-state index >= 15 is 0 Å². The Balaban J connectivity index is 1.37. The number of phosphoric ester groups is 1. The van der Waals surface area contributed by atoms with Crippen LogP contribution in [0.5, 0.6) is 0 Å². The summed E-state index contributed by atoms with van der Waals surface area (Å²) in [7, 11) is -1.94. The summed E-state index contributed by atoms with van der Waals surface area (Å²) >= 11 is 5.35. The molecule has 2 aliphatic rings. The number of hydrogen-bond acceptors (Lipinski definition) is 14. The summed E-state index contributed by atoms with van der Waals surface area (Å²) in [5.74, 6) is -1.03. The second-order valence-corrected chi connectivity index (χ2v) is 14.2. The van der Waals surface area contributed by atoms with E-state index in [9.17, 15) is 39.2 Å². The van der Waals surface area contributed by atoms with Gasteiger partial charge in [0.05, 0.1) is 13.2 Å². The smallest absolute Gasteiger partial charge is 0.394 e. The number of phosphoric acid groups is 1. The first-order chi connectivity index (χ1) is 24.8. The normalized spacial score (nSPS) is 28.8. The van der Waals surface area contributed by atoms with Crippen LogP contribution in [0.1, 0.15) is 51.7 Å². The molecule has 2 fully saturated rings. The van der Waals surface area contributed by atoms with Gasteiger partial charge in [0, 0.05) is 59.0 Å². The second kappa shape index (κ2) is 21.9. The fourth-order valence-electron chi connectivity index (χ4n) is 5.85. The molecule has 2 unspecified atom stereocenters. The van der Waals surface area contributed by atoms with Gasteiger partial charge in [0.25, 0.3) is 5.56 Å². The lowest BCUT2D eigenvalue weighted by Gasteiger charge is -2.42. The van der Waals surface area contributed by atoms with Crippen LogP contribution in [0, 0.1) is 5.92 Å². The van der Waals surface area contributed by atoms with E-state index in [0.717, 1.165) is 26.4 Å². The minimum Gasteiger partial charge on any atom is -0.394 e. The number of amides is 1. The Hall–Kier alpha value is -2.59. The van der Waals surface area contributed by atoms with Gasteiger partial charge in [-0.05, 0) is 50.7 Å². The lowest BCUT2D eigenvalue weighted by molar-refractivity contribution is -0.270. The van der Waals surface area contributed by atoms with Crippen LogP contribution < -0.4 is 27.2 Å². The van der Waals surface area contributed by atoms with Gasteiger partial charge in [0.15, 0.2) is 11.4 Å². The van der Waals surface area contributed by atoms with Crippen molar-refractivity contribution in [3.8, 4) is 0 Å². The number of hydrogen-bond donors (Lipinski definition) is 8. The zero-order valence-electron chi connectivity index (χ0n) is 29.5. The van der Waals surface area contributed by atoms with Crippen molar-refractivity contribution < 1.29 is 57.6 Å². The van der Waals surface area contributed by atoms with E-state index < -0.39 is 86.6 Å². The van der Waals surface area contributed by atoms with Gasteiger partial charge in [-0.15, -0.1) is 0 Å². The fourth-order valence-corrected chi connectivity index (χ4v) is 6.74. The number of unbranched alkanes of at least 4 members (excludes halogenated alkanes) is 3. The van der Waals surface area contributed by atoms with Gasteiger partial charge in [-0.1, -0.05) is 12.2 Å². The zero-order valence-corrected chi connectivity index (χ0v) is 31.2. The first-order valence-corrected chi connectivity index (χ1v) is 18.9. The standard InChI is InChI=1S/C31H52N5O14PS/c1-19(38)34-24-26(41)25(40)21(17-37)49-29(24)47-16-10-9-14-33-30(52)32-13-8-6-4-5-7-11-20-27(50-51(43,44)46-3)22(18-45-2)48-28(20)36-15-12-23(39)35-31(36)42/h5,7,12,15,20-22,24-29,37,40-41H,4,6,8-11,13-14,16-18H2,1-3H3,(H,34,38)(H,43,44)(H2,32,33,52)(H,35,39,42)/b7-5+/t20?,21-,22-,24-,25+,26-,27-,28-,29-/m1/s1. The second-order valence-electron chi connectivity index (χ2n) is 12.3. The summed E-state index contributed by atoms with van der Waals surface area (Å²) in [5, 5.41) is 39.2. The molecule has 0 aliphatic carbocycles. The lowest BCUT2D eigenvalue weighted by atomic mass is 9.95. The van der Waals surface area contributed by atoms with Crippen molar-refractivity contribution in [1.82, 2.24) is 25.5 Å². The molecular weight excluding hydrogens is 729 g/mol. The predicted molar refractivity (Wildman–Crippen MR) is 189 cm³/mol. The van der Waals surface area contributed by atoms with E-state index in [1.165, 1.54) is 30.9 Å². The van der Waals surface area contributed by atoms with Crippen LogP contribution in [0.25, 0.3) is 0 Å². The number of allylic oxidation sites excluding steroid dienone is 2. The Bertz CT molecular complexity index is 1470. The molecule has 0 bridgehead atoms. The maximum atomic E-state index is 12.6. The molecular formula is C31H52N5O14PS. The number of ether oxygens (including phenoxy) is 4. The highest BCUT2D eigenvalue weighted by atomic mass is 32.1. The number of aliphatic hydroxyl groups excluding tert-OH is 3. The van der Waals surface area contributed by atoms with Crippen LogP contribution >= 0.6 is 20.0 Å². The molecule has 19 nitrogen and oxygen atoms in total. The Morgan fingerprint density at radius 1 is 1.08 bits per heavy atom. The SMILES string of the molecule is COC[C@H]1O[C@@H](n2ccc(=O)[nH]c2=O)C(C/C=C/CCCCNC(=S)NCCCCO[C@@H]2O[C@H](CO)[C@H](O)[C@H](O)[C@H]2NC(C)=O)[C@H]1OP(=O)(O)OC. The van der Waals surface area contributed by atoms with Crippen LogP contribution in [0.2, 0.25) is 0 Å². The summed E-state index contributed by atoms with van der Waals surface area (Å²) < 4.78 is 46.2. The highest BCUT2D eigenvalue weighted by molar-refractivity contribution is 7.80. The Morgan fingerprint density at radius 2 is 1.79 bits per heavy atom. The Labute approximate surface area is 306 Å².